The molecule has 2 nitrogen and oxygen atoms in total. The van der Waals surface area contributed by atoms with E-state index in [1.54, 1.807) is 0 Å². The number of hydrogen-bond acceptors (Lipinski definition) is 2. The van der Waals surface area contributed by atoms with Gasteiger partial charge in [-0.25, -0.2) is 0 Å². The van der Waals surface area contributed by atoms with Crippen LogP contribution in [0, 0.1) is 0 Å². The van der Waals surface area contributed by atoms with E-state index in [1.165, 1.54) is 5.56 Å². The van der Waals surface area contributed by atoms with Crippen molar-refractivity contribution < 1.29 is 0 Å². The zero-order valence-corrected chi connectivity index (χ0v) is 7.70. The molecule has 0 heterocycles. The number of nitrogens with two attached hydrogens (primary N) is 1. The van der Waals surface area contributed by atoms with Crippen molar-refractivity contribution in [1.82, 2.24) is 4.90 Å². The summed E-state index contributed by atoms with van der Waals surface area (Å²) in [6.07, 6.45) is 0. The van der Waals surface area contributed by atoms with Gasteiger partial charge in [-0.2, -0.15) is 0 Å². The molecule has 0 unspecified atom stereocenters. The Kier molecular flexibility index (Phi) is 3.26. The van der Waals surface area contributed by atoms with Gasteiger partial charge in [-0.15, -0.1) is 0 Å². The van der Waals surface area contributed by atoms with Gasteiger partial charge in [0.15, 0.2) is 0 Å². The van der Waals surface area contributed by atoms with E-state index in [4.69, 9.17) is 5.73 Å². The van der Waals surface area contributed by atoms with E-state index in [9.17, 15) is 0 Å². The lowest BCUT2D eigenvalue weighted by molar-refractivity contribution is 0.306. The van der Waals surface area contributed by atoms with E-state index in [-0.39, 0.29) is 0 Å². The van der Waals surface area contributed by atoms with Gasteiger partial charge in [0.25, 0.3) is 0 Å². The van der Waals surface area contributed by atoms with Gasteiger partial charge < -0.3 is 10.6 Å². The molecule has 66 valence electrons. The normalized spacial score (nSPS) is 13.3. The minimum Gasteiger partial charge on any atom is -0.329 e. The van der Waals surface area contributed by atoms with Gasteiger partial charge in [0.05, 0.1) is 0 Å². The van der Waals surface area contributed by atoms with E-state index >= 15 is 0 Å². The van der Waals surface area contributed by atoms with Crippen LogP contribution in [0.2, 0.25) is 0 Å². The van der Waals surface area contributed by atoms with Crippen LogP contribution in [0.15, 0.2) is 30.3 Å². The molecule has 0 aliphatic rings. The monoisotopic (exact) mass is 164 g/mol. The van der Waals surface area contributed by atoms with E-state index in [0.717, 1.165) is 0 Å². The van der Waals surface area contributed by atoms with Crippen LogP contribution < -0.4 is 5.73 Å². The van der Waals surface area contributed by atoms with E-state index in [0.29, 0.717) is 12.6 Å². The Labute approximate surface area is 74.0 Å². The molecule has 0 aliphatic heterocycles. The average Bonchev–Trinajstić information content (AvgIpc) is 2.07. The molecule has 2 N–H and O–H groups in total. The summed E-state index contributed by atoms with van der Waals surface area (Å²) < 4.78 is 0. The minimum atomic E-state index is 0.339. The fourth-order valence-electron chi connectivity index (χ4n) is 1.32. The maximum atomic E-state index is 5.66. The Morgan fingerprint density at radius 2 is 1.83 bits per heavy atom. The molecule has 0 radical (unpaired) electrons. The smallest absolute Gasteiger partial charge is 0.0464 e. The Balaban J connectivity index is 2.80. The molecule has 0 fully saturated rings. The van der Waals surface area contributed by atoms with Crippen LogP contribution in [0.3, 0.4) is 0 Å². The lowest BCUT2D eigenvalue weighted by Crippen LogP contribution is -2.26. The quantitative estimate of drug-likeness (QED) is 0.728. The Bertz CT molecular complexity index is 219. The standard InChI is InChI=1S/C10H16N2/c1-12(2)10(8-11)9-6-4-3-5-7-9/h3-7,10H,8,11H2,1-2H3/t10-/m0/s1. The zero-order valence-electron chi connectivity index (χ0n) is 7.70. The van der Waals surface area contributed by atoms with Crippen LogP contribution in [0.25, 0.3) is 0 Å². The molecule has 0 aliphatic carbocycles. The summed E-state index contributed by atoms with van der Waals surface area (Å²) in [5, 5.41) is 0. The molecule has 2 heteroatoms. The molecule has 0 saturated heterocycles. The van der Waals surface area contributed by atoms with Crippen LogP contribution >= 0.6 is 0 Å². The minimum absolute atomic E-state index is 0.339. The number of rotatable bonds is 3. The molecule has 1 atom stereocenters. The first kappa shape index (κ1) is 9.23. The van der Waals surface area contributed by atoms with Gasteiger partial charge in [-0.3, -0.25) is 0 Å². The van der Waals surface area contributed by atoms with Crippen molar-refractivity contribution in [1.29, 1.82) is 0 Å². The molecule has 1 aromatic rings. The van der Waals surface area contributed by atoms with Crippen LogP contribution in [-0.2, 0) is 0 Å². The Morgan fingerprint density at radius 1 is 1.25 bits per heavy atom. The lowest BCUT2D eigenvalue weighted by Gasteiger charge is -2.22. The fourth-order valence-corrected chi connectivity index (χ4v) is 1.32. The number of likely N-dealkylation sites (N-methyl/N-ethyl adjacent to an activating group) is 1. The first-order chi connectivity index (χ1) is 5.75. The fraction of sp³-hybridized carbons (Fsp3) is 0.400. The maximum Gasteiger partial charge on any atom is 0.0464 e. The summed E-state index contributed by atoms with van der Waals surface area (Å²) in [7, 11) is 4.09. The summed E-state index contributed by atoms with van der Waals surface area (Å²) in [4.78, 5) is 2.13. The molecule has 0 spiro atoms. The summed E-state index contributed by atoms with van der Waals surface area (Å²) in [6, 6.07) is 10.7. The van der Waals surface area contributed by atoms with E-state index < -0.39 is 0 Å². The highest BCUT2D eigenvalue weighted by Gasteiger charge is 2.09. The molecule has 1 rings (SSSR count). The summed E-state index contributed by atoms with van der Waals surface area (Å²) in [5.74, 6) is 0. The van der Waals surface area contributed by atoms with Crippen molar-refractivity contribution >= 4 is 0 Å². The first-order valence-corrected chi connectivity index (χ1v) is 4.17. The van der Waals surface area contributed by atoms with Crippen LogP contribution in [0.4, 0.5) is 0 Å². The highest BCUT2D eigenvalue weighted by Crippen LogP contribution is 2.15. The van der Waals surface area contributed by atoms with Gasteiger partial charge in [-0.05, 0) is 19.7 Å². The molecule has 0 aromatic heterocycles. The number of hydrogen-bond donors (Lipinski definition) is 1. The average molecular weight is 164 g/mol. The largest absolute Gasteiger partial charge is 0.329 e. The van der Waals surface area contributed by atoms with Crippen molar-refractivity contribution in [2.75, 3.05) is 20.6 Å². The third kappa shape index (κ3) is 2.06. The van der Waals surface area contributed by atoms with Gasteiger partial charge in [-0.1, -0.05) is 30.3 Å². The predicted molar refractivity (Wildman–Crippen MR) is 51.9 cm³/mol. The van der Waals surface area contributed by atoms with Crippen molar-refractivity contribution in [3.05, 3.63) is 35.9 Å². The summed E-state index contributed by atoms with van der Waals surface area (Å²) in [6.45, 7) is 0.664. The molecule has 12 heavy (non-hydrogen) atoms. The molecule has 0 saturated carbocycles. The summed E-state index contributed by atoms with van der Waals surface area (Å²) in [5.41, 5.74) is 6.95. The molecular weight excluding hydrogens is 148 g/mol. The second-order valence-electron chi connectivity index (χ2n) is 3.13. The third-order valence-electron chi connectivity index (χ3n) is 2.03. The molecule has 0 amide bonds. The SMILES string of the molecule is CN(C)[C@@H](CN)c1ccccc1. The van der Waals surface area contributed by atoms with Gasteiger partial charge >= 0.3 is 0 Å². The van der Waals surface area contributed by atoms with Crippen LogP contribution in [0.1, 0.15) is 11.6 Å². The van der Waals surface area contributed by atoms with Gasteiger partial charge in [0, 0.05) is 12.6 Å². The highest BCUT2D eigenvalue weighted by atomic mass is 15.1. The maximum absolute atomic E-state index is 5.66. The lowest BCUT2D eigenvalue weighted by atomic mass is 10.1. The van der Waals surface area contributed by atoms with Crippen molar-refractivity contribution in [3.63, 3.8) is 0 Å². The van der Waals surface area contributed by atoms with Crippen LogP contribution in [0.5, 0.6) is 0 Å². The topological polar surface area (TPSA) is 29.3 Å². The zero-order chi connectivity index (χ0) is 8.97. The third-order valence-corrected chi connectivity index (χ3v) is 2.03. The molecular formula is C10H16N2. The first-order valence-electron chi connectivity index (χ1n) is 4.17. The number of nitrogens with zero attached hydrogens (tertiary/aromatic N) is 1. The Morgan fingerprint density at radius 3 is 2.25 bits per heavy atom. The van der Waals surface area contributed by atoms with E-state index in [1.807, 2.05) is 32.3 Å². The highest BCUT2D eigenvalue weighted by molar-refractivity contribution is 5.19. The molecule has 0 bridgehead atoms. The predicted octanol–water partition coefficient (Wildman–Crippen LogP) is 1.25. The van der Waals surface area contributed by atoms with Crippen molar-refractivity contribution in [2.24, 2.45) is 5.73 Å². The van der Waals surface area contributed by atoms with E-state index in [2.05, 4.69) is 17.0 Å². The van der Waals surface area contributed by atoms with Crippen molar-refractivity contribution in [2.45, 2.75) is 6.04 Å². The second kappa shape index (κ2) is 4.24. The van der Waals surface area contributed by atoms with Crippen molar-refractivity contribution in [3.8, 4) is 0 Å². The molecule has 1 aromatic carbocycles. The van der Waals surface area contributed by atoms with Gasteiger partial charge in [0.1, 0.15) is 0 Å². The number of benzene rings is 1. The van der Waals surface area contributed by atoms with Crippen LogP contribution in [-0.4, -0.2) is 25.5 Å². The van der Waals surface area contributed by atoms with Gasteiger partial charge in [0.2, 0.25) is 0 Å². The second-order valence-corrected chi connectivity index (χ2v) is 3.13. The summed E-state index contributed by atoms with van der Waals surface area (Å²) >= 11 is 0. The Hall–Kier alpha value is -0.860.